The van der Waals surface area contributed by atoms with E-state index in [1.807, 2.05) is 0 Å². The Morgan fingerprint density at radius 1 is 1.00 bits per heavy atom. The SMILES string of the molecule is CC1(C)CCC(NC2CCCC2(C)C)c2ccccc21. The third-order valence-corrected chi connectivity index (χ3v) is 5.78. The van der Waals surface area contributed by atoms with Crippen molar-refractivity contribution < 1.29 is 0 Å². The van der Waals surface area contributed by atoms with Gasteiger partial charge in [0.15, 0.2) is 0 Å². The van der Waals surface area contributed by atoms with E-state index in [1.54, 1.807) is 11.1 Å². The van der Waals surface area contributed by atoms with E-state index in [-0.39, 0.29) is 0 Å². The van der Waals surface area contributed by atoms with Crippen LogP contribution in [0.1, 0.15) is 77.0 Å². The van der Waals surface area contributed by atoms with Gasteiger partial charge in [-0.3, -0.25) is 0 Å². The van der Waals surface area contributed by atoms with Gasteiger partial charge in [0.1, 0.15) is 0 Å². The molecule has 0 saturated heterocycles. The van der Waals surface area contributed by atoms with E-state index in [4.69, 9.17) is 0 Å². The maximum absolute atomic E-state index is 4.00. The van der Waals surface area contributed by atoms with Crippen LogP contribution >= 0.6 is 0 Å². The zero-order chi connectivity index (χ0) is 14.4. The Hall–Kier alpha value is -0.820. The van der Waals surface area contributed by atoms with Crippen molar-refractivity contribution in [1.82, 2.24) is 5.32 Å². The summed E-state index contributed by atoms with van der Waals surface area (Å²) in [6.07, 6.45) is 6.65. The van der Waals surface area contributed by atoms with Crippen LogP contribution in [0.3, 0.4) is 0 Å². The predicted octanol–water partition coefficient (Wildman–Crippen LogP) is 4.97. The van der Waals surface area contributed by atoms with Crippen LogP contribution in [-0.4, -0.2) is 6.04 Å². The van der Waals surface area contributed by atoms with E-state index in [9.17, 15) is 0 Å². The van der Waals surface area contributed by atoms with Crippen molar-refractivity contribution in [2.24, 2.45) is 5.41 Å². The lowest BCUT2D eigenvalue weighted by atomic mass is 9.70. The van der Waals surface area contributed by atoms with Gasteiger partial charge >= 0.3 is 0 Å². The molecular formula is C19H29N. The highest BCUT2D eigenvalue weighted by molar-refractivity contribution is 5.38. The minimum atomic E-state index is 0.333. The maximum Gasteiger partial charge on any atom is 0.0326 e. The molecule has 0 bridgehead atoms. The first-order chi connectivity index (χ1) is 9.40. The van der Waals surface area contributed by atoms with Gasteiger partial charge < -0.3 is 5.32 Å². The van der Waals surface area contributed by atoms with Crippen LogP contribution in [0.4, 0.5) is 0 Å². The summed E-state index contributed by atoms with van der Waals surface area (Å²) in [4.78, 5) is 0. The second-order valence-corrected chi connectivity index (χ2v) is 8.16. The van der Waals surface area contributed by atoms with Crippen LogP contribution in [0.15, 0.2) is 24.3 Å². The fourth-order valence-corrected chi connectivity index (χ4v) is 4.26. The van der Waals surface area contributed by atoms with Crippen molar-refractivity contribution >= 4 is 0 Å². The van der Waals surface area contributed by atoms with Crippen molar-refractivity contribution in [3.8, 4) is 0 Å². The molecule has 1 saturated carbocycles. The molecule has 0 aromatic heterocycles. The standard InChI is InChI=1S/C19H29N/c1-18(2)13-11-16(14-8-5-6-9-15(14)18)20-17-10-7-12-19(17,3)4/h5-6,8-9,16-17,20H,7,10-13H2,1-4H3. The third kappa shape index (κ3) is 2.41. The molecule has 0 aliphatic heterocycles. The molecule has 20 heavy (non-hydrogen) atoms. The molecule has 2 unspecified atom stereocenters. The molecule has 0 heterocycles. The van der Waals surface area contributed by atoms with Gasteiger partial charge in [-0.15, -0.1) is 0 Å². The molecule has 2 aliphatic carbocycles. The Labute approximate surface area is 124 Å². The lowest BCUT2D eigenvalue weighted by Gasteiger charge is -2.40. The summed E-state index contributed by atoms with van der Waals surface area (Å²) in [5.74, 6) is 0. The highest BCUT2D eigenvalue weighted by Gasteiger charge is 2.38. The monoisotopic (exact) mass is 271 g/mol. The number of fused-ring (bicyclic) bond motifs is 1. The summed E-state index contributed by atoms with van der Waals surface area (Å²) in [5.41, 5.74) is 3.90. The summed E-state index contributed by atoms with van der Waals surface area (Å²) in [6.45, 7) is 9.63. The highest BCUT2D eigenvalue weighted by atomic mass is 15.0. The van der Waals surface area contributed by atoms with E-state index in [1.165, 1.54) is 32.1 Å². The van der Waals surface area contributed by atoms with Crippen molar-refractivity contribution in [3.05, 3.63) is 35.4 Å². The molecule has 1 nitrogen and oxygen atoms in total. The van der Waals surface area contributed by atoms with Gasteiger partial charge in [-0.05, 0) is 47.6 Å². The van der Waals surface area contributed by atoms with Crippen LogP contribution < -0.4 is 5.32 Å². The summed E-state index contributed by atoms with van der Waals surface area (Å²) in [7, 11) is 0. The largest absolute Gasteiger partial charge is 0.307 e. The van der Waals surface area contributed by atoms with Gasteiger partial charge in [0.25, 0.3) is 0 Å². The number of hydrogen-bond donors (Lipinski definition) is 1. The average molecular weight is 271 g/mol. The Morgan fingerprint density at radius 2 is 1.75 bits per heavy atom. The van der Waals surface area contributed by atoms with E-state index in [2.05, 4.69) is 57.3 Å². The Balaban J connectivity index is 1.85. The quantitative estimate of drug-likeness (QED) is 0.801. The lowest BCUT2D eigenvalue weighted by molar-refractivity contribution is 0.241. The first kappa shape index (κ1) is 14.1. The zero-order valence-electron chi connectivity index (χ0n) is 13.5. The molecule has 0 spiro atoms. The van der Waals surface area contributed by atoms with E-state index >= 15 is 0 Å². The van der Waals surface area contributed by atoms with Gasteiger partial charge in [-0.1, -0.05) is 58.4 Å². The predicted molar refractivity (Wildman–Crippen MR) is 86.0 cm³/mol. The second kappa shape index (κ2) is 4.87. The normalized spacial score (nSPS) is 31.0. The number of hydrogen-bond acceptors (Lipinski definition) is 1. The van der Waals surface area contributed by atoms with Gasteiger partial charge in [0, 0.05) is 12.1 Å². The minimum absolute atomic E-state index is 0.333. The van der Waals surface area contributed by atoms with E-state index in [0.717, 1.165) is 0 Å². The molecule has 1 heteroatoms. The molecule has 1 fully saturated rings. The molecule has 3 rings (SSSR count). The minimum Gasteiger partial charge on any atom is -0.307 e. The molecule has 1 aromatic rings. The molecule has 2 atom stereocenters. The average Bonchev–Trinajstić information content (AvgIpc) is 2.73. The summed E-state index contributed by atoms with van der Waals surface area (Å²) in [6, 6.07) is 10.3. The molecule has 0 amide bonds. The zero-order valence-corrected chi connectivity index (χ0v) is 13.5. The van der Waals surface area contributed by atoms with E-state index in [0.29, 0.717) is 22.9 Å². The maximum atomic E-state index is 4.00. The number of benzene rings is 1. The van der Waals surface area contributed by atoms with Crippen LogP contribution in [0, 0.1) is 5.41 Å². The molecular weight excluding hydrogens is 242 g/mol. The van der Waals surface area contributed by atoms with Gasteiger partial charge in [0.05, 0.1) is 0 Å². The summed E-state index contributed by atoms with van der Waals surface area (Å²) >= 11 is 0. The molecule has 110 valence electrons. The van der Waals surface area contributed by atoms with Gasteiger partial charge in [0.2, 0.25) is 0 Å². The van der Waals surface area contributed by atoms with Crippen molar-refractivity contribution in [2.45, 2.75) is 77.3 Å². The Bertz CT molecular complexity index is 486. The fraction of sp³-hybridized carbons (Fsp3) is 0.684. The summed E-state index contributed by atoms with van der Waals surface area (Å²) in [5, 5.41) is 4.00. The summed E-state index contributed by atoms with van der Waals surface area (Å²) < 4.78 is 0. The van der Waals surface area contributed by atoms with Crippen molar-refractivity contribution in [2.75, 3.05) is 0 Å². The van der Waals surface area contributed by atoms with Crippen LogP contribution in [0.25, 0.3) is 0 Å². The number of nitrogens with one attached hydrogen (secondary N) is 1. The van der Waals surface area contributed by atoms with Crippen LogP contribution in [0.5, 0.6) is 0 Å². The van der Waals surface area contributed by atoms with Crippen molar-refractivity contribution in [1.29, 1.82) is 0 Å². The van der Waals surface area contributed by atoms with Crippen LogP contribution in [-0.2, 0) is 5.41 Å². The molecule has 1 aromatic carbocycles. The smallest absolute Gasteiger partial charge is 0.0326 e. The molecule has 1 N–H and O–H groups in total. The van der Waals surface area contributed by atoms with E-state index < -0.39 is 0 Å². The third-order valence-electron chi connectivity index (χ3n) is 5.78. The lowest BCUT2D eigenvalue weighted by Crippen LogP contribution is -2.42. The number of rotatable bonds is 2. The van der Waals surface area contributed by atoms with Gasteiger partial charge in [-0.2, -0.15) is 0 Å². The Morgan fingerprint density at radius 3 is 2.45 bits per heavy atom. The van der Waals surface area contributed by atoms with Gasteiger partial charge in [-0.25, -0.2) is 0 Å². The first-order valence-corrected chi connectivity index (χ1v) is 8.26. The molecule has 2 aliphatic rings. The fourth-order valence-electron chi connectivity index (χ4n) is 4.26. The topological polar surface area (TPSA) is 12.0 Å². The van der Waals surface area contributed by atoms with Crippen LogP contribution in [0.2, 0.25) is 0 Å². The second-order valence-electron chi connectivity index (χ2n) is 8.16. The highest BCUT2D eigenvalue weighted by Crippen LogP contribution is 2.44. The Kier molecular flexibility index (Phi) is 3.44. The van der Waals surface area contributed by atoms with Crippen molar-refractivity contribution in [3.63, 3.8) is 0 Å². The molecule has 0 radical (unpaired) electrons. The first-order valence-electron chi connectivity index (χ1n) is 8.26.